The monoisotopic (exact) mass is 444 g/mol. The summed E-state index contributed by atoms with van der Waals surface area (Å²) in [6, 6.07) is 11.5. The van der Waals surface area contributed by atoms with Gasteiger partial charge in [0.1, 0.15) is 0 Å². The maximum absolute atomic E-state index is 11.7. The summed E-state index contributed by atoms with van der Waals surface area (Å²) >= 11 is 12.3. The second-order valence-corrected chi connectivity index (χ2v) is 7.36. The van der Waals surface area contributed by atoms with Gasteiger partial charge in [-0.25, -0.2) is 9.59 Å². The number of aliphatic imine (C=N–C) groups is 1. The van der Waals surface area contributed by atoms with Gasteiger partial charge >= 0.3 is 11.9 Å². The standard InChI is InChI=1S/C22H18Cl2N2O4/c1-12-8-15(11-25-20-9-14(22(29)30-3)4-7-18(20)23)13(2)26(12)16-5-6-17(21(27)28)19(24)10-16/h4-11H,1-3H3,(H,27,28). The lowest BCUT2D eigenvalue weighted by molar-refractivity contribution is 0.0600. The van der Waals surface area contributed by atoms with Gasteiger partial charge in [0.25, 0.3) is 0 Å². The van der Waals surface area contributed by atoms with Crippen molar-refractivity contribution < 1.29 is 19.4 Å². The van der Waals surface area contributed by atoms with Crippen molar-refractivity contribution in [3.8, 4) is 5.69 Å². The Morgan fingerprint density at radius 3 is 2.43 bits per heavy atom. The van der Waals surface area contributed by atoms with Crippen molar-refractivity contribution in [2.24, 2.45) is 4.99 Å². The molecule has 0 bridgehead atoms. The number of halogens is 2. The molecule has 0 saturated carbocycles. The molecule has 0 unspecified atom stereocenters. The van der Waals surface area contributed by atoms with E-state index in [1.807, 2.05) is 24.5 Å². The lowest BCUT2D eigenvalue weighted by Gasteiger charge is -2.11. The zero-order chi connectivity index (χ0) is 22.0. The van der Waals surface area contributed by atoms with E-state index in [1.165, 1.54) is 13.2 Å². The predicted molar refractivity (Wildman–Crippen MR) is 117 cm³/mol. The van der Waals surface area contributed by atoms with Gasteiger partial charge in [-0.1, -0.05) is 23.2 Å². The number of aromatic nitrogens is 1. The molecule has 1 N–H and O–H groups in total. The van der Waals surface area contributed by atoms with Crippen LogP contribution < -0.4 is 0 Å². The van der Waals surface area contributed by atoms with Gasteiger partial charge in [0.2, 0.25) is 0 Å². The van der Waals surface area contributed by atoms with Crippen molar-refractivity contribution in [3.63, 3.8) is 0 Å². The minimum atomic E-state index is -1.08. The van der Waals surface area contributed by atoms with Crippen LogP contribution in [0.2, 0.25) is 10.0 Å². The Morgan fingerprint density at radius 2 is 1.80 bits per heavy atom. The molecule has 0 fully saturated rings. The number of carboxylic acid groups (broad SMARTS) is 1. The summed E-state index contributed by atoms with van der Waals surface area (Å²) in [5, 5.41) is 9.73. The van der Waals surface area contributed by atoms with Gasteiger partial charge in [-0.15, -0.1) is 0 Å². The number of carbonyl (C=O) groups is 2. The SMILES string of the molecule is COC(=O)c1ccc(Cl)c(N=Cc2cc(C)n(-c3ccc(C(=O)O)c(Cl)c3)c2C)c1. The summed E-state index contributed by atoms with van der Waals surface area (Å²) in [5.41, 5.74) is 4.23. The molecule has 0 atom stereocenters. The van der Waals surface area contributed by atoms with E-state index in [0.717, 1.165) is 22.6 Å². The second-order valence-electron chi connectivity index (χ2n) is 6.55. The number of hydrogen-bond acceptors (Lipinski definition) is 4. The highest BCUT2D eigenvalue weighted by atomic mass is 35.5. The Bertz CT molecular complexity index is 1180. The summed E-state index contributed by atoms with van der Waals surface area (Å²) in [5.74, 6) is -1.55. The van der Waals surface area contributed by atoms with E-state index in [1.54, 1.807) is 36.5 Å². The predicted octanol–water partition coefficient (Wildman–Crippen LogP) is 5.64. The van der Waals surface area contributed by atoms with Crippen LogP contribution in [0.4, 0.5) is 5.69 Å². The van der Waals surface area contributed by atoms with Crippen molar-refractivity contribution in [1.82, 2.24) is 4.57 Å². The molecule has 2 aromatic carbocycles. The largest absolute Gasteiger partial charge is 0.478 e. The molecule has 1 heterocycles. The number of methoxy groups -OCH3 is 1. The molecule has 3 aromatic rings. The molecule has 0 aliphatic heterocycles. The fourth-order valence-corrected chi connectivity index (χ4v) is 3.55. The van der Waals surface area contributed by atoms with Crippen LogP contribution >= 0.6 is 23.2 Å². The summed E-state index contributed by atoms with van der Waals surface area (Å²) in [7, 11) is 1.31. The third-order valence-corrected chi connectivity index (χ3v) is 5.25. The highest BCUT2D eigenvalue weighted by molar-refractivity contribution is 6.34. The molecule has 8 heteroatoms. The third-order valence-electron chi connectivity index (χ3n) is 4.62. The van der Waals surface area contributed by atoms with Crippen LogP contribution in [0, 0.1) is 13.8 Å². The average molecular weight is 445 g/mol. The van der Waals surface area contributed by atoms with Crippen LogP contribution in [0.1, 0.15) is 37.7 Å². The molecule has 3 rings (SSSR count). The number of rotatable bonds is 5. The molecular formula is C22H18Cl2N2O4. The van der Waals surface area contributed by atoms with Crippen molar-refractivity contribution in [2.45, 2.75) is 13.8 Å². The molecular weight excluding hydrogens is 427 g/mol. The minimum Gasteiger partial charge on any atom is -0.478 e. The lowest BCUT2D eigenvalue weighted by atomic mass is 10.2. The Morgan fingerprint density at radius 1 is 1.07 bits per heavy atom. The molecule has 6 nitrogen and oxygen atoms in total. The van der Waals surface area contributed by atoms with Gasteiger partial charge in [-0.05, 0) is 56.3 Å². The number of aryl methyl sites for hydroxylation is 1. The van der Waals surface area contributed by atoms with Gasteiger partial charge in [0.05, 0.1) is 34.0 Å². The van der Waals surface area contributed by atoms with E-state index >= 15 is 0 Å². The smallest absolute Gasteiger partial charge is 0.337 e. The Labute approximate surface area is 183 Å². The quantitative estimate of drug-likeness (QED) is 0.407. The molecule has 0 aliphatic rings. The van der Waals surface area contributed by atoms with E-state index in [2.05, 4.69) is 4.99 Å². The van der Waals surface area contributed by atoms with Gasteiger partial charge in [-0.2, -0.15) is 0 Å². The van der Waals surface area contributed by atoms with E-state index in [0.29, 0.717) is 16.3 Å². The van der Waals surface area contributed by atoms with Gasteiger partial charge < -0.3 is 14.4 Å². The average Bonchev–Trinajstić information content (AvgIpc) is 2.99. The van der Waals surface area contributed by atoms with Crippen LogP contribution in [0.3, 0.4) is 0 Å². The number of aromatic carboxylic acids is 1. The minimum absolute atomic E-state index is 0.0461. The number of ether oxygens (including phenoxy) is 1. The summed E-state index contributed by atoms with van der Waals surface area (Å²) < 4.78 is 6.68. The Balaban J connectivity index is 1.98. The van der Waals surface area contributed by atoms with Crippen LogP contribution in [0.5, 0.6) is 0 Å². The molecule has 0 radical (unpaired) electrons. The number of esters is 1. The van der Waals surface area contributed by atoms with Gasteiger partial charge in [0.15, 0.2) is 0 Å². The lowest BCUT2D eigenvalue weighted by Crippen LogP contribution is -2.02. The molecule has 0 saturated heterocycles. The van der Waals surface area contributed by atoms with E-state index in [4.69, 9.17) is 33.0 Å². The molecule has 0 spiro atoms. The van der Waals surface area contributed by atoms with E-state index < -0.39 is 11.9 Å². The van der Waals surface area contributed by atoms with Gasteiger partial charge in [-0.3, -0.25) is 4.99 Å². The molecule has 0 amide bonds. The number of benzene rings is 2. The number of carbonyl (C=O) groups excluding carboxylic acids is 1. The van der Waals surface area contributed by atoms with Crippen molar-refractivity contribution in [2.75, 3.05) is 7.11 Å². The summed E-state index contributed by atoms with van der Waals surface area (Å²) in [4.78, 5) is 27.4. The fraction of sp³-hybridized carbons (Fsp3) is 0.136. The first kappa shape index (κ1) is 21.6. The maximum atomic E-state index is 11.7. The zero-order valence-electron chi connectivity index (χ0n) is 16.4. The Kier molecular flexibility index (Phi) is 6.29. The molecule has 0 aliphatic carbocycles. The first-order chi connectivity index (χ1) is 14.2. The first-order valence-corrected chi connectivity index (χ1v) is 9.62. The van der Waals surface area contributed by atoms with Crippen molar-refractivity contribution >= 4 is 47.0 Å². The van der Waals surface area contributed by atoms with Crippen LogP contribution in [-0.2, 0) is 4.74 Å². The summed E-state index contributed by atoms with van der Waals surface area (Å²) in [6.07, 6.45) is 1.66. The van der Waals surface area contributed by atoms with Crippen molar-refractivity contribution in [3.05, 3.63) is 80.6 Å². The second kappa shape index (κ2) is 8.73. The number of nitrogens with zero attached hydrogens (tertiary/aromatic N) is 2. The maximum Gasteiger partial charge on any atom is 0.337 e. The molecule has 30 heavy (non-hydrogen) atoms. The van der Waals surface area contributed by atoms with E-state index in [9.17, 15) is 9.59 Å². The highest BCUT2D eigenvalue weighted by Gasteiger charge is 2.14. The number of hydrogen-bond donors (Lipinski definition) is 1. The van der Waals surface area contributed by atoms with E-state index in [-0.39, 0.29) is 10.6 Å². The van der Waals surface area contributed by atoms with Crippen molar-refractivity contribution in [1.29, 1.82) is 0 Å². The first-order valence-electron chi connectivity index (χ1n) is 8.87. The number of carboxylic acids is 1. The normalized spacial score (nSPS) is 11.1. The summed E-state index contributed by atoms with van der Waals surface area (Å²) in [6.45, 7) is 3.84. The molecule has 1 aromatic heterocycles. The van der Waals surface area contributed by atoms with Crippen LogP contribution in [-0.4, -0.2) is 34.9 Å². The molecule has 154 valence electrons. The Hall–Kier alpha value is -3.09. The topological polar surface area (TPSA) is 80.9 Å². The van der Waals surface area contributed by atoms with Gasteiger partial charge in [0, 0.05) is 28.9 Å². The zero-order valence-corrected chi connectivity index (χ0v) is 18.0. The third kappa shape index (κ3) is 4.25. The highest BCUT2D eigenvalue weighted by Crippen LogP contribution is 2.28. The van der Waals surface area contributed by atoms with Crippen LogP contribution in [0.25, 0.3) is 5.69 Å². The van der Waals surface area contributed by atoms with Crippen LogP contribution in [0.15, 0.2) is 47.5 Å². The fourth-order valence-electron chi connectivity index (χ4n) is 3.13.